The quantitative estimate of drug-likeness (QED) is 0.604. The van der Waals surface area contributed by atoms with Crippen LogP contribution in [0.3, 0.4) is 0 Å². The smallest absolute Gasteiger partial charge is 0.0445 e. The third kappa shape index (κ3) is 3.24. The Balaban J connectivity index is 2.21. The first kappa shape index (κ1) is 18.5. The monoisotopic (exact) mass is 348 g/mol. The molecule has 2 aromatic carbocycles. The molecular weight excluding hydrogens is 318 g/mol. The van der Waals surface area contributed by atoms with Crippen LogP contribution in [0.5, 0.6) is 0 Å². The molecule has 0 aliphatic carbocycles. The van der Waals surface area contributed by atoms with Crippen LogP contribution < -0.4 is 0 Å². The summed E-state index contributed by atoms with van der Waals surface area (Å²) in [5.74, 6) is 0. The highest BCUT2D eigenvalue weighted by atomic mass is 15.8. The minimum atomic E-state index is -0.0562. The molecule has 138 valence electrons. The summed E-state index contributed by atoms with van der Waals surface area (Å²) in [5, 5.41) is 6.61. The zero-order valence-electron chi connectivity index (χ0n) is 16.7. The molecule has 0 unspecified atom stereocenters. The first-order valence-corrected chi connectivity index (χ1v) is 9.56. The van der Waals surface area contributed by atoms with Gasteiger partial charge >= 0.3 is 0 Å². The maximum Gasteiger partial charge on any atom is 0.0445 e. The minimum absolute atomic E-state index is 0.0562. The van der Waals surface area contributed by atoms with E-state index in [-0.39, 0.29) is 5.54 Å². The maximum absolute atomic E-state index is 4.76. The predicted octanol–water partition coefficient (Wildman–Crippen LogP) is 6.37. The van der Waals surface area contributed by atoms with Crippen molar-refractivity contribution in [2.24, 2.45) is 0 Å². The summed E-state index contributed by atoms with van der Waals surface area (Å²) < 4.78 is 0. The van der Waals surface area contributed by atoms with Crippen molar-refractivity contribution in [3.63, 3.8) is 0 Å². The van der Waals surface area contributed by atoms with Crippen molar-refractivity contribution in [3.8, 4) is 0 Å². The SMILES string of the molecule is C=Cc1ccc2cc(CCC)ccc2c1C1=CN(C)[N-]N1C(C)(C)CC. The number of hydrogen-bond acceptors (Lipinski definition) is 2. The standard InChI is InChI=1S/C23H30N3/c1-7-10-17-11-14-20-19(15-17)13-12-18(8-2)22(20)21-16-25(6)24-26(21)23(4,5)9-3/h8,11-16H,2,7,9-10H2,1,3-6H3/q-1. The third-order valence-corrected chi connectivity index (χ3v) is 5.34. The Labute approximate surface area is 157 Å². The van der Waals surface area contributed by atoms with Crippen molar-refractivity contribution in [1.29, 1.82) is 0 Å². The van der Waals surface area contributed by atoms with Crippen molar-refractivity contribution in [2.45, 2.75) is 52.5 Å². The molecule has 26 heavy (non-hydrogen) atoms. The maximum atomic E-state index is 4.76. The minimum Gasteiger partial charge on any atom is -0.475 e. The van der Waals surface area contributed by atoms with Gasteiger partial charge in [0.1, 0.15) is 0 Å². The van der Waals surface area contributed by atoms with Crippen LogP contribution in [0.2, 0.25) is 0 Å². The molecule has 1 aliphatic heterocycles. The fourth-order valence-electron chi connectivity index (χ4n) is 3.51. The number of hydrogen-bond donors (Lipinski definition) is 0. The molecule has 1 heterocycles. The van der Waals surface area contributed by atoms with Gasteiger partial charge in [0.25, 0.3) is 0 Å². The van der Waals surface area contributed by atoms with Crippen LogP contribution in [-0.2, 0) is 6.42 Å². The largest absolute Gasteiger partial charge is 0.475 e. The third-order valence-electron chi connectivity index (χ3n) is 5.34. The van der Waals surface area contributed by atoms with Crippen LogP contribution in [0.1, 0.15) is 57.2 Å². The zero-order chi connectivity index (χ0) is 18.9. The van der Waals surface area contributed by atoms with Gasteiger partial charge in [-0.1, -0.05) is 63.3 Å². The van der Waals surface area contributed by atoms with E-state index in [1.54, 1.807) is 0 Å². The normalized spacial score (nSPS) is 14.9. The van der Waals surface area contributed by atoms with E-state index in [1.165, 1.54) is 21.9 Å². The Hall–Kier alpha value is -2.26. The Morgan fingerprint density at radius 2 is 1.92 bits per heavy atom. The first-order chi connectivity index (χ1) is 12.4. The molecule has 0 atom stereocenters. The van der Waals surface area contributed by atoms with Gasteiger partial charge in [0.15, 0.2) is 0 Å². The van der Waals surface area contributed by atoms with E-state index in [2.05, 4.69) is 75.8 Å². The number of nitrogens with zero attached hydrogens (tertiary/aromatic N) is 3. The van der Waals surface area contributed by atoms with Gasteiger partial charge in [0.05, 0.1) is 0 Å². The fraction of sp³-hybridized carbons (Fsp3) is 0.391. The molecule has 0 saturated heterocycles. The van der Waals surface area contributed by atoms with Gasteiger partial charge in [-0.25, -0.2) is 0 Å². The molecule has 3 rings (SSSR count). The van der Waals surface area contributed by atoms with E-state index in [0.29, 0.717) is 0 Å². The Morgan fingerprint density at radius 1 is 1.15 bits per heavy atom. The molecule has 0 saturated carbocycles. The van der Waals surface area contributed by atoms with Crippen molar-refractivity contribution in [2.75, 3.05) is 7.05 Å². The highest BCUT2D eigenvalue weighted by molar-refractivity contribution is 5.97. The van der Waals surface area contributed by atoms with Crippen molar-refractivity contribution in [1.82, 2.24) is 10.0 Å². The van der Waals surface area contributed by atoms with Crippen molar-refractivity contribution in [3.05, 3.63) is 65.3 Å². The highest BCUT2D eigenvalue weighted by Gasteiger charge is 2.26. The molecule has 0 radical (unpaired) electrons. The second-order valence-electron chi connectivity index (χ2n) is 7.69. The molecule has 0 bridgehead atoms. The number of benzene rings is 2. The molecule has 0 fully saturated rings. The van der Waals surface area contributed by atoms with E-state index in [1.807, 2.05) is 18.1 Å². The van der Waals surface area contributed by atoms with Crippen LogP contribution in [0.4, 0.5) is 0 Å². The van der Waals surface area contributed by atoms with Gasteiger partial charge in [-0.3, -0.25) is 0 Å². The van der Waals surface area contributed by atoms with E-state index >= 15 is 0 Å². The number of fused-ring (bicyclic) bond motifs is 1. The average molecular weight is 349 g/mol. The molecule has 3 nitrogen and oxygen atoms in total. The van der Waals surface area contributed by atoms with Gasteiger partial charge in [-0.2, -0.15) is 0 Å². The summed E-state index contributed by atoms with van der Waals surface area (Å²) in [7, 11) is 1.99. The summed E-state index contributed by atoms with van der Waals surface area (Å²) in [4.78, 5) is 0. The lowest BCUT2D eigenvalue weighted by Crippen LogP contribution is -2.38. The van der Waals surface area contributed by atoms with Gasteiger partial charge in [-0.15, -0.1) is 0 Å². The van der Waals surface area contributed by atoms with E-state index < -0.39 is 0 Å². The molecule has 2 aromatic rings. The second-order valence-corrected chi connectivity index (χ2v) is 7.69. The summed E-state index contributed by atoms with van der Waals surface area (Å²) in [6.07, 6.45) is 7.36. The van der Waals surface area contributed by atoms with Crippen LogP contribution >= 0.6 is 0 Å². The topological polar surface area (TPSA) is 20.6 Å². The van der Waals surface area contributed by atoms with E-state index in [4.69, 9.17) is 5.53 Å². The van der Waals surface area contributed by atoms with E-state index in [9.17, 15) is 0 Å². The van der Waals surface area contributed by atoms with Gasteiger partial charge in [-0.05, 0) is 55.6 Å². The molecule has 0 aromatic heterocycles. The lowest BCUT2D eigenvalue weighted by Gasteiger charge is -2.50. The molecule has 0 N–H and O–H groups in total. The van der Waals surface area contributed by atoms with E-state index in [0.717, 1.165) is 30.5 Å². The fourth-order valence-corrected chi connectivity index (χ4v) is 3.51. The summed E-state index contributed by atoms with van der Waals surface area (Å²) in [6.45, 7) is 13.0. The Kier molecular flexibility index (Phi) is 5.10. The summed E-state index contributed by atoms with van der Waals surface area (Å²) in [6, 6.07) is 11.2. The van der Waals surface area contributed by atoms with Gasteiger partial charge in [0.2, 0.25) is 0 Å². The highest BCUT2D eigenvalue weighted by Crippen LogP contribution is 2.41. The summed E-state index contributed by atoms with van der Waals surface area (Å²) in [5.41, 5.74) is 9.60. The molecule has 1 aliphatic rings. The predicted molar refractivity (Wildman–Crippen MR) is 113 cm³/mol. The Bertz CT molecular complexity index is 848. The molecule has 0 spiro atoms. The van der Waals surface area contributed by atoms with Crippen LogP contribution in [0.25, 0.3) is 28.1 Å². The molecule has 0 amide bonds. The van der Waals surface area contributed by atoms with Gasteiger partial charge < -0.3 is 15.6 Å². The van der Waals surface area contributed by atoms with Crippen LogP contribution in [0, 0.1) is 0 Å². The number of aryl methyl sites for hydroxylation is 1. The Morgan fingerprint density at radius 3 is 2.58 bits per heavy atom. The van der Waals surface area contributed by atoms with Gasteiger partial charge in [0, 0.05) is 23.0 Å². The summed E-state index contributed by atoms with van der Waals surface area (Å²) >= 11 is 0. The zero-order valence-corrected chi connectivity index (χ0v) is 16.7. The van der Waals surface area contributed by atoms with Crippen molar-refractivity contribution >= 4 is 22.5 Å². The average Bonchev–Trinajstić information content (AvgIpc) is 3.03. The first-order valence-electron chi connectivity index (χ1n) is 9.56. The number of rotatable bonds is 6. The second kappa shape index (κ2) is 7.16. The van der Waals surface area contributed by atoms with Crippen molar-refractivity contribution < 1.29 is 0 Å². The van der Waals surface area contributed by atoms with Crippen LogP contribution in [0.15, 0.2) is 43.1 Å². The molecule has 3 heteroatoms. The lowest BCUT2D eigenvalue weighted by molar-refractivity contribution is 0.219. The molecular formula is C23H30N3-. The van der Waals surface area contributed by atoms with Crippen LogP contribution in [-0.4, -0.2) is 22.6 Å². The lowest BCUT2D eigenvalue weighted by atomic mass is 9.92.